The number of rotatable bonds is 3. The molecular weight excluding hydrogens is 368 g/mol. The van der Waals surface area contributed by atoms with E-state index in [1.165, 1.54) is 5.01 Å². The fraction of sp³-hybridized carbons (Fsp3) is 0.167. The first-order valence-corrected chi connectivity index (χ1v) is 8.52. The van der Waals surface area contributed by atoms with Crippen molar-refractivity contribution in [2.45, 2.75) is 19.6 Å². The van der Waals surface area contributed by atoms with Gasteiger partial charge in [-0.15, -0.1) is 5.10 Å². The van der Waals surface area contributed by atoms with Crippen LogP contribution >= 0.6 is 11.6 Å². The molecule has 136 valence electrons. The molecule has 0 spiro atoms. The molecule has 0 aromatic carbocycles. The molecule has 0 N–H and O–H groups in total. The molecule has 9 heteroatoms. The minimum absolute atomic E-state index is 0.214. The van der Waals surface area contributed by atoms with Crippen molar-refractivity contribution in [1.29, 1.82) is 0 Å². The molecule has 0 saturated heterocycles. The summed E-state index contributed by atoms with van der Waals surface area (Å²) in [7, 11) is 0. The van der Waals surface area contributed by atoms with Gasteiger partial charge in [-0.05, 0) is 38.1 Å². The van der Waals surface area contributed by atoms with E-state index in [0.29, 0.717) is 11.1 Å². The summed E-state index contributed by atoms with van der Waals surface area (Å²) in [5, 5.41) is 10.1. The van der Waals surface area contributed by atoms with Gasteiger partial charge in [-0.3, -0.25) is 14.8 Å². The smallest absolute Gasteiger partial charge is 0.277 e. The Kier molecular flexibility index (Phi) is 4.12. The van der Waals surface area contributed by atoms with Crippen LogP contribution in [0, 0.1) is 0 Å². The first kappa shape index (κ1) is 17.2. The molecule has 1 aliphatic rings. The van der Waals surface area contributed by atoms with Crippen molar-refractivity contribution in [2.75, 3.05) is 0 Å². The molecule has 0 aliphatic carbocycles. The number of nitrogens with zero attached hydrogens (tertiary/aromatic N) is 6. The minimum atomic E-state index is -0.977. The highest BCUT2D eigenvalue weighted by Crippen LogP contribution is 2.30. The van der Waals surface area contributed by atoms with Gasteiger partial charge in [-0.1, -0.05) is 11.6 Å². The number of hydrogen-bond donors (Lipinski definition) is 0. The Morgan fingerprint density at radius 1 is 1.15 bits per heavy atom. The van der Waals surface area contributed by atoms with Gasteiger partial charge in [0, 0.05) is 30.4 Å². The molecule has 8 nitrogen and oxygen atoms in total. The second kappa shape index (κ2) is 6.48. The van der Waals surface area contributed by atoms with Crippen LogP contribution in [0.2, 0.25) is 5.15 Å². The SMILES string of the molecule is CC1(C)OC(c2cn(-c3cccnc3)nc2Cl)=NN1C(=O)c1ccncc1. The normalized spacial score (nSPS) is 15.4. The molecule has 27 heavy (non-hydrogen) atoms. The number of carbonyl (C=O) groups excluding carboxylic acids is 1. The molecule has 0 saturated carbocycles. The van der Waals surface area contributed by atoms with Gasteiger partial charge in [-0.25, -0.2) is 4.68 Å². The van der Waals surface area contributed by atoms with Crippen LogP contribution in [-0.2, 0) is 4.74 Å². The van der Waals surface area contributed by atoms with Crippen LogP contribution in [0.25, 0.3) is 5.69 Å². The summed E-state index contributed by atoms with van der Waals surface area (Å²) < 4.78 is 7.49. The molecule has 3 aromatic heterocycles. The molecule has 4 heterocycles. The highest BCUT2D eigenvalue weighted by molar-refractivity contribution is 6.32. The number of hydrazone groups is 1. The predicted molar refractivity (Wildman–Crippen MR) is 98.5 cm³/mol. The summed E-state index contributed by atoms with van der Waals surface area (Å²) in [6.45, 7) is 3.50. The molecule has 0 fully saturated rings. The van der Waals surface area contributed by atoms with Gasteiger partial charge in [0.05, 0.1) is 17.4 Å². The third-order valence-corrected chi connectivity index (χ3v) is 4.26. The van der Waals surface area contributed by atoms with Crippen LogP contribution in [0.4, 0.5) is 0 Å². The highest BCUT2D eigenvalue weighted by Gasteiger charge is 2.41. The third-order valence-electron chi connectivity index (χ3n) is 3.98. The van der Waals surface area contributed by atoms with Crippen molar-refractivity contribution >= 4 is 23.4 Å². The van der Waals surface area contributed by atoms with E-state index < -0.39 is 5.72 Å². The van der Waals surface area contributed by atoms with Crippen LogP contribution in [0.5, 0.6) is 0 Å². The maximum atomic E-state index is 12.8. The summed E-state index contributed by atoms with van der Waals surface area (Å²) >= 11 is 6.29. The van der Waals surface area contributed by atoms with E-state index in [1.807, 2.05) is 6.07 Å². The van der Waals surface area contributed by atoms with Crippen molar-refractivity contribution in [2.24, 2.45) is 5.10 Å². The van der Waals surface area contributed by atoms with Gasteiger partial charge in [0.25, 0.3) is 5.91 Å². The highest BCUT2D eigenvalue weighted by atomic mass is 35.5. The van der Waals surface area contributed by atoms with E-state index in [2.05, 4.69) is 20.2 Å². The van der Waals surface area contributed by atoms with Gasteiger partial charge >= 0.3 is 0 Å². The van der Waals surface area contributed by atoms with Crippen LogP contribution in [0.1, 0.15) is 29.8 Å². The second-order valence-corrected chi connectivity index (χ2v) is 6.65. The summed E-state index contributed by atoms with van der Waals surface area (Å²) in [4.78, 5) is 20.8. The quantitative estimate of drug-likeness (QED) is 0.695. The topological polar surface area (TPSA) is 85.5 Å². The lowest BCUT2D eigenvalue weighted by atomic mass is 10.2. The first-order valence-electron chi connectivity index (χ1n) is 8.14. The number of ether oxygens (including phenoxy) is 1. The Labute approximate surface area is 160 Å². The van der Waals surface area contributed by atoms with Gasteiger partial charge in [0.15, 0.2) is 5.15 Å². The van der Waals surface area contributed by atoms with E-state index in [9.17, 15) is 4.79 Å². The molecule has 0 atom stereocenters. The zero-order valence-corrected chi connectivity index (χ0v) is 15.3. The average molecular weight is 383 g/mol. The summed E-state index contributed by atoms with van der Waals surface area (Å²) in [6, 6.07) is 6.89. The zero-order valence-electron chi connectivity index (χ0n) is 14.6. The Bertz CT molecular complexity index is 1020. The average Bonchev–Trinajstić information content (AvgIpc) is 3.22. The molecule has 0 bridgehead atoms. The third kappa shape index (κ3) is 3.15. The van der Waals surface area contributed by atoms with Crippen molar-refractivity contribution in [1.82, 2.24) is 24.8 Å². The van der Waals surface area contributed by atoms with Gasteiger partial charge < -0.3 is 4.74 Å². The standard InChI is InChI=1S/C18H15ClN6O2/c1-18(2)25(17(26)12-5-8-20-9-6-12)23-16(27-18)14-11-24(22-15(14)19)13-4-3-7-21-10-13/h3-11H,1-2H3. The molecule has 0 radical (unpaired) electrons. The number of amides is 1. The Hall–Kier alpha value is -3.26. The molecule has 1 amide bonds. The van der Waals surface area contributed by atoms with Crippen molar-refractivity contribution in [3.8, 4) is 5.69 Å². The zero-order chi connectivity index (χ0) is 19.0. The number of carbonyl (C=O) groups is 1. The van der Waals surface area contributed by atoms with Crippen molar-refractivity contribution in [3.63, 3.8) is 0 Å². The van der Waals surface area contributed by atoms with E-state index in [-0.39, 0.29) is 17.0 Å². The Morgan fingerprint density at radius 3 is 2.63 bits per heavy atom. The number of pyridine rings is 2. The number of halogens is 1. The van der Waals surface area contributed by atoms with Gasteiger partial charge in [0.1, 0.15) is 0 Å². The van der Waals surface area contributed by atoms with E-state index >= 15 is 0 Å². The molecule has 1 aliphatic heterocycles. The van der Waals surface area contributed by atoms with Crippen LogP contribution in [0.15, 0.2) is 60.4 Å². The Balaban J connectivity index is 1.69. The van der Waals surface area contributed by atoms with Crippen LogP contribution < -0.4 is 0 Å². The number of hydrogen-bond acceptors (Lipinski definition) is 6. The fourth-order valence-corrected chi connectivity index (χ4v) is 2.86. The lowest BCUT2D eigenvalue weighted by Gasteiger charge is -2.27. The van der Waals surface area contributed by atoms with E-state index in [0.717, 1.165) is 5.69 Å². The molecule has 4 rings (SSSR count). The fourth-order valence-electron chi connectivity index (χ4n) is 2.64. The largest absolute Gasteiger partial charge is 0.448 e. The van der Waals surface area contributed by atoms with Gasteiger partial charge in [-0.2, -0.15) is 10.1 Å². The number of aromatic nitrogens is 4. The summed E-state index contributed by atoms with van der Waals surface area (Å²) in [6.07, 6.45) is 8.13. The first-order chi connectivity index (χ1) is 13.0. The van der Waals surface area contributed by atoms with Crippen molar-refractivity contribution in [3.05, 3.63) is 71.5 Å². The minimum Gasteiger partial charge on any atom is -0.448 e. The molecule has 0 unspecified atom stereocenters. The second-order valence-electron chi connectivity index (χ2n) is 6.30. The van der Waals surface area contributed by atoms with Crippen LogP contribution in [-0.4, -0.2) is 42.3 Å². The van der Waals surface area contributed by atoms with E-state index in [4.69, 9.17) is 16.3 Å². The predicted octanol–water partition coefficient (Wildman–Crippen LogP) is 2.89. The van der Waals surface area contributed by atoms with Crippen LogP contribution in [0.3, 0.4) is 0 Å². The molecular formula is C18H15ClN6O2. The molecule has 3 aromatic rings. The Morgan fingerprint density at radius 2 is 1.93 bits per heavy atom. The monoisotopic (exact) mass is 382 g/mol. The lowest BCUT2D eigenvalue weighted by Crippen LogP contribution is -2.42. The van der Waals surface area contributed by atoms with E-state index in [1.54, 1.807) is 67.7 Å². The maximum absolute atomic E-state index is 12.8. The summed E-state index contributed by atoms with van der Waals surface area (Å²) in [5.41, 5.74) is 0.714. The maximum Gasteiger partial charge on any atom is 0.277 e. The van der Waals surface area contributed by atoms with Crippen molar-refractivity contribution < 1.29 is 9.53 Å². The van der Waals surface area contributed by atoms with Gasteiger partial charge in [0.2, 0.25) is 11.6 Å². The summed E-state index contributed by atoms with van der Waals surface area (Å²) in [5.74, 6) is -0.0734. The lowest BCUT2D eigenvalue weighted by molar-refractivity contribution is -0.0173.